The lowest BCUT2D eigenvalue weighted by Crippen LogP contribution is -2.47. The molecule has 1 saturated carbocycles. The normalized spacial score (nSPS) is 26.8. The van der Waals surface area contributed by atoms with Gasteiger partial charge in [0.15, 0.2) is 0 Å². The van der Waals surface area contributed by atoms with E-state index in [0.29, 0.717) is 18.4 Å². The van der Waals surface area contributed by atoms with Gasteiger partial charge in [0.25, 0.3) is 5.91 Å². The largest absolute Gasteiger partial charge is 0.481 e. The molecule has 1 aliphatic carbocycles. The van der Waals surface area contributed by atoms with Crippen LogP contribution in [0.1, 0.15) is 36.5 Å². The fourth-order valence-electron chi connectivity index (χ4n) is 2.39. The SMILES string of the molecule is CC1(C(=O)O)CCCC1NC(=O)c1cccnc1. The number of nitrogens with one attached hydrogen (secondary N) is 1. The Hall–Kier alpha value is -1.91. The number of pyridine rings is 1. The summed E-state index contributed by atoms with van der Waals surface area (Å²) in [6.07, 6.45) is 5.19. The van der Waals surface area contributed by atoms with Crippen molar-refractivity contribution >= 4 is 11.9 Å². The lowest BCUT2D eigenvalue weighted by atomic mass is 9.85. The summed E-state index contributed by atoms with van der Waals surface area (Å²) in [5, 5.41) is 12.1. The van der Waals surface area contributed by atoms with E-state index in [1.54, 1.807) is 25.3 Å². The summed E-state index contributed by atoms with van der Waals surface area (Å²) in [5.74, 6) is -1.11. The van der Waals surface area contributed by atoms with E-state index in [-0.39, 0.29) is 11.9 Å². The molecule has 0 spiro atoms. The summed E-state index contributed by atoms with van der Waals surface area (Å²) < 4.78 is 0. The molecule has 2 rings (SSSR count). The molecule has 2 atom stereocenters. The Bertz CT molecular complexity index is 461. The van der Waals surface area contributed by atoms with Crippen molar-refractivity contribution in [1.82, 2.24) is 10.3 Å². The van der Waals surface area contributed by atoms with Gasteiger partial charge in [-0.1, -0.05) is 6.42 Å². The smallest absolute Gasteiger partial charge is 0.311 e. The third-order valence-electron chi connectivity index (χ3n) is 3.68. The molecule has 5 nitrogen and oxygen atoms in total. The Kier molecular flexibility index (Phi) is 3.32. The quantitative estimate of drug-likeness (QED) is 0.848. The molecule has 0 aromatic carbocycles. The van der Waals surface area contributed by atoms with Crippen molar-refractivity contribution in [2.75, 3.05) is 0 Å². The van der Waals surface area contributed by atoms with Gasteiger partial charge in [0.05, 0.1) is 11.0 Å². The summed E-state index contributed by atoms with van der Waals surface area (Å²) in [5.41, 5.74) is -0.408. The van der Waals surface area contributed by atoms with Crippen LogP contribution in [0.15, 0.2) is 24.5 Å². The zero-order valence-corrected chi connectivity index (χ0v) is 10.2. The molecule has 1 aromatic rings. The van der Waals surface area contributed by atoms with Crippen LogP contribution in [0, 0.1) is 5.41 Å². The van der Waals surface area contributed by atoms with Gasteiger partial charge < -0.3 is 10.4 Å². The molecule has 1 heterocycles. The first-order valence-electron chi connectivity index (χ1n) is 5.98. The topological polar surface area (TPSA) is 79.3 Å². The van der Waals surface area contributed by atoms with E-state index in [4.69, 9.17) is 0 Å². The minimum Gasteiger partial charge on any atom is -0.481 e. The Labute approximate surface area is 105 Å². The Balaban J connectivity index is 2.10. The average Bonchev–Trinajstić information content (AvgIpc) is 2.73. The summed E-state index contributed by atoms with van der Waals surface area (Å²) in [4.78, 5) is 27.1. The number of carbonyl (C=O) groups excluding carboxylic acids is 1. The Morgan fingerprint density at radius 3 is 2.94 bits per heavy atom. The maximum Gasteiger partial charge on any atom is 0.311 e. The van der Waals surface area contributed by atoms with Gasteiger partial charge in [0.1, 0.15) is 0 Å². The maximum atomic E-state index is 12.0. The van der Waals surface area contributed by atoms with Crippen LogP contribution >= 0.6 is 0 Å². The number of aliphatic carboxylic acids is 1. The summed E-state index contributed by atoms with van der Waals surface area (Å²) in [7, 11) is 0. The standard InChI is InChI=1S/C13H16N2O3/c1-13(12(17)18)6-2-5-10(13)15-11(16)9-4-3-7-14-8-9/h3-4,7-8,10H,2,5-6H2,1H3,(H,15,16)(H,17,18). The summed E-state index contributed by atoms with van der Waals surface area (Å²) >= 11 is 0. The van der Waals surface area contributed by atoms with E-state index >= 15 is 0 Å². The Morgan fingerprint density at radius 2 is 2.33 bits per heavy atom. The second kappa shape index (κ2) is 4.76. The van der Waals surface area contributed by atoms with Gasteiger partial charge in [-0.25, -0.2) is 0 Å². The van der Waals surface area contributed by atoms with E-state index in [0.717, 1.165) is 6.42 Å². The van der Waals surface area contributed by atoms with Crippen LogP contribution in [0.5, 0.6) is 0 Å². The van der Waals surface area contributed by atoms with Crippen LogP contribution in [0.25, 0.3) is 0 Å². The third-order valence-corrected chi connectivity index (χ3v) is 3.68. The lowest BCUT2D eigenvalue weighted by molar-refractivity contribution is -0.148. The van der Waals surface area contributed by atoms with Crippen molar-refractivity contribution in [3.63, 3.8) is 0 Å². The molecule has 0 radical (unpaired) electrons. The first-order valence-corrected chi connectivity index (χ1v) is 5.98. The molecule has 2 N–H and O–H groups in total. The van der Waals surface area contributed by atoms with E-state index in [1.165, 1.54) is 6.20 Å². The van der Waals surface area contributed by atoms with Crippen LogP contribution in [0.2, 0.25) is 0 Å². The highest BCUT2D eigenvalue weighted by atomic mass is 16.4. The molecule has 18 heavy (non-hydrogen) atoms. The van der Waals surface area contributed by atoms with Gasteiger partial charge in [0.2, 0.25) is 0 Å². The molecule has 96 valence electrons. The van der Waals surface area contributed by atoms with Gasteiger partial charge in [-0.3, -0.25) is 14.6 Å². The highest BCUT2D eigenvalue weighted by Crippen LogP contribution is 2.38. The second-order valence-corrected chi connectivity index (χ2v) is 4.88. The molecular formula is C13H16N2O3. The number of hydrogen-bond donors (Lipinski definition) is 2. The van der Waals surface area contributed by atoms with Gasteiger partial charge in [-0.2, -0.15) is 0 Å². The van der Waals surface area contributed by atoms with Crippen LogP contribution in [0.4, 0.5) is 0 Å². The van der Waals surface area contributed by atoms with E-state index in [1.807, 2.05) is 0 Å². The third kappa shape index (κ3) is 2.20. The van der Waals surface area contributed by atoms with Crippen LogP contribution in [-0.2, 0) is 4.79 Å². The monoisotopic (exact) mass is 248 g/mol. The zero-order chi connectivity index (χ0) is 13.2. The number of carbonyl (C=O) groups is 2. The lowest BCUT2D eigenvalue weighted by Gasteiger charge is -2.27. The number of aromatic nitrogens is 1. The molecule has 1 amide bonds. The zero-order valence-electron chi connectivity index (χ0n) is 10.2. The first-order chi connectivity index (χ1) is 8.54. The molecule has 0 bridgehead atoms. The predicted molar refractivity (Wildman–Crippen MR) is 65.1 cm³/mol. The number of hydrogen-bond acceptors (Lipinski definition) is 3. The molecule has 1 aliphatic rings. The van der Waals surface area contributed by atoms with Crippen molar-refractivity contribution in [2.24, 2.45) is 5.41 Å². The van der Waals surface area contributed by atoms with Crippen LogP contribution in [0.3, 0.4) is 0 Å². The molecule has 5 heteroatoms. The first kappa shape index (κ1) is 12.5. The van der Waals surface area contributed by atoms with E-state index in [2.05, 4.69) is 10.3 Å². The number of amides is 1. The predicted octanol–water partition coefficient (Wildman–Crippen LogP) is 1.45. The fraction of sp³-hybridized carbons (Fsp3) is 0.462. The highest BCUT2D eigenvalue weighted by Gasteiger charge is 2.45. The Morgan fingerprint density at radius 1 is 1.56 bits per heavy atom. The molecule has 1 fully saturated rings. The maximum absolute atomic E-state index is 12.0. The van der Waals surface area contributed by atoms with Gasteiger partial charge in [-0.05, 0) is 31.9 Å². The average molecular weight is 248 g/mol. The van der Waals surface area contributed by atoms with Gasteiger partial charge >= 0.3 is 5.97 Å². The number of rotatable bonds is 3. The minimum atomic E-state index is -0.863. The molecular weight excluding hydrogens is 232 g/mol. The number of nitrogens with zero attached hydrogens (tertiary/aromatic N) is 1. The summed E-state index contributed by atoms with van der Waals surface area (Å²) in [6, 6.07) is 3.03. The molecule has 0 saturated heterocycles. The molecule has 0 aliphatic heterocycles. The van der Waals surface area contributed by atoms with E-state index < -0.39 is 11.4 Å². The fourth-order valence-corrected chi connectivity index (χ4v) is 2.39. The van der Waals surface area contributed by atoms with Crippen LogP contribution < -0.4 is 5.32 Å². The highest BCUT2D eigenvalue weighted by molar-refractivity contribution is 5.94. The van der Waals surface area contributed by atoms with Gasteiger partial charge in [0, 0.05) is 18.4 Å². The second-order valence-electron chi connectivity index (χ2n) is 4.88. The number of carboxylic acids is 1. The van der Waals surface area contributed by atoms with Crippen molar-refractivity contribution in [3.8, 4) is 0 Å². The van der Waals surface area contributed by atoms with Crippen molar-refractivity contribution in [2.45, 2.75) is 32.2 Å². The molecule has 1 aromatic heterocycles. The van der Waals surface area contributed by atoms with Crippen molar-refractivity contribution in [1.29, 1.82) is 0 Å². The van der Waals surface area contributed by atoms with Crippen LogP contribution in [-0.4, -0.2) is 28.0 Å². The minimum absolute atomic E-state index is 0.262. The van der Waals surface area contributed by atoms with Gasteiger partial charge in [-0.15, -0.1) is 0 Å². The summed E-state index contributed by atoms with van der Waals surface area (Å²) in [6.45, 7) is 1.69. The number of carboxylic acid groups (broad SMARTS) is 1. The van der Waals surface area contributed by atoms with Crippen molar-refractivity contribution < 1.29 is 14.7 Å². The van der Waals surface area contributed by atoms with E-state index in [9.17, 15) is 14.7 Å². The molecule has 2 unspecified atom stereocenters. The van der Waals surface area contributed by atoms with Crippen molar-refractivity contribution in [3.05, 3.63) is 30.1 Å².